The highest BCUT2D eigenvalue weighted by molar-refractivity contribution is 4.88. The van der Waals surface area contributed by atoms with E-state index in [2.05, 4.69) is 17.1 Å². The highest BCUT2D eigenvalue weighted by Crippen LogP contribution is 2.23. The molecule has 0 aromatic heterocycles. The van der Waals surface area contributed by atoms with Crippen LogP contribution >= 0.6 is 0 Å². The van der Waals surface area contributed by atoms with Gasteiger partial charge in [-0.1, -0.05) is 0 Å². The highest BCUT2D eigenvalue weighted by Gasteiger charge is 2.31. The topological polar surface area (TPSA) is 24.5 Å². The molecule has 2 heterocycles. The van der Waals surface area contributed by atoms with Crippen LogP contribution in [0.2, 0.25) is 0 Å². The van der Waals surface area contributed by atoms with Gasteiger partial charge in [0.15, 0.2) is 0 Å². The summed E-state index contributed by atoms with van der Waals surface area (Å²) in [4.78, 5) is 2.66. The lowest BCUT2D eigenvalue weighted by atomic mass is 9.98. The van der Waals surface area contributed by atoms with E-state index in [1.807, 2.05) is 7.11 Å². The molecular formula is C11H22N2O. The fourth-order valence-electron chi connectivity index (χ4n) is 2.83. The Kier molecular flexibility index (Phi) is 3.42. The summed E-state index contributed by atoms with van der Waals surface area (Å²) in [5.41, 5.74) is 0. The molecule has 1 N–H and O–H groups in total. The van der Waals surface area contributed by atoms with Crippen LogP contribution in [-0.4, -0.2) is 49.8 Å². The van der Waals surface area contributed by atoms with Gasteiger partial charge in [0, 0.05) is 32.3 Å². The van der Waals surface area contributed by atoms with Crippen LogP contribution in [0.3, 0.4) is 0 Å². The van der Waals surface area contributed by atoms with Gasteiger partial charge in [0.1, 0.15) is 0 Å². The van der Waals surface area contributed by atoms with E-state index in [1.165, 1.54) is 38.9 Å². The third-order valence-corrected chi connectivity index (χ3v) is 3.72. The van der Waals surface area contributed by atoms with Crippen LogP contribution in [0, 0.1) is 0 Å². The molecule has 82 valence electrons. The van der Waals surface area contributed by atoms with E-state index in [9.17, 15) is 0 Å². The summed E-state index contributed by atoms with van der Waals surface area (Å²) in [7, 11) is 1.84. The maximum Gasteiger partial charge on any atom is 0.0598 e. The van der Waals surface area contributed by atoms with Gasteiger partial charge in [-0.05, 0) is 32.7 Å². The molecule has 0 aromatic rings. The summed E-state index contributed by atoms with van der Waals surface area (Å²) in [6, 6.07) is 1.47. The van der Waals surface area contributed by atoms with Gasteiger partial charge in [0.25, 0.3) is 0 Å². The lowest BCUT2D eigenvalue weighted by Gasteiger charge is -2.40. The molecule has 0 bridgehead atoms. The molecule has 3 heteroatoms. The Labute approximate surface area is 86.8 Å². The number of nitrogens with zero attached hydrogens (tertiary/aromatic N) is 1. The first-order valence-electron chi connectivity index (χ1n) is 5.80. The molecule has 2 aliphatic heterocycles. The van der Waals surface area contributed by atoms with Crippen molar-refractivity contribution in [3.05, 3.63) is 0 Å². The molecule has 0 aromatic carbocycles. The van der Waals surface area contributed by atoms with Crippen LogP contribution in [0.4, 0.5) is 0 Å². The molecule has 2 saturated heterocycles. The quantitative estimate of drug-likeness (QED) is 0.712. The van der Waals surface area contributed by atoms with Crippen molar-refractivity contribution in [2.45, 2.75) is 44.4 Å². The van der Waals surface area contributed by atoms with Gasteiger partial charge in [-0.25, -0.2) is 0 Å². The van der Waals surface area contributed by atoms with Crippen molar-refractivity contribution in [3.8, 4) is 0 Å². The zero-order valence-electron chi connectivity index (χ0n) is 9.33. The van der Waals surface area contributed by atoms with Crippen LogP contribution < -0.4 is 5.32 Å². The summed E-state index contributed by atoms with van der Waals surface area (Å²) < 4.78 is 5.43. The summed E-state index contributed by atoms with van der Waals surface area (Å²) in [5, 5.41) is 3.44. The predicted octanol–water partition coefficient (Wildman–Crippen LogP) is 0.848. The largest absolute Gasteiger partial charge is 0.381 e. The van der Waals surface area contributed by atoms with Crippen molar-refractivity contribution in [2.24, 2.45) is 0 Å². The van der Waals surface area contributed by atoms with E-state index < -0.39 is 0 Å². The Balaban J connectivity index is 1.88. The molecular weight excluding hydrogens is 176 g/mol. The molecule has 0 spiro atoms. The fourth-order valence-corrected chi connectivity index (χ4v) is 2.83. The number of hydrogen-bond acceptors (Lipinski definition) is 3. The summed E-state index contributed by atoms with van der Waals surface area (Å²) in [6.07, 6.45) is 4.22. The van der Waals surface area contributed by atoms with Gasteiger partial charge < -0.3 is 10.1 Å². The minimum Gasteiger partial charge on any atom is -0.381 e. The van der Waals surface area contributed by atoms with Crippen LogP contribution in [0.15, 0.2) is 0 Å². The van der Waals surface area contributed by atoms with Crippen LogP contribution in [0.5, 0.6) is 0 Å². The van der Waals surface area contributed by atoms with Crippen molar-refractivity contribution in [2.75, 3.05) is 26.7 Å². The monoisotopic (exact) mass is 198 g/mol. The lowest BCUT2D eigenvalue weighted by molar-refractivity contribution is 0.00199. The highest BCUT2D eigenvalue weighted by atomic mass is 16.5. The standard InChI is InChI=1S/C11H22N2O/c1-9-7-11(14-2)4-6-13(9)10-3-5-12-8-10/h9-12H,3-8H2,1-2H3. The summed E-state index contributed by atoms with van der Waals surface area (Å²) in [5.74, 6) is 0. The van der Waals surface area contributed by atoms with E-state index in [-0.39, 0.29) is 0 Å². The minimum absolute atomic E-state index is 0.496. The van der Waals surface area contributed by atoms with Crippen LogP contribution in [0.25, 0.3) is 0 Å². The second-order valence-corrected chi connectivity index (χ2v) is 4.62. The Bertz CT molecular complexity index is 180. The first-order chi connectivity index (χ1) is 6.81. The van der Waals surface area contributed by atoms with E-state index >= 15 is 0 Å². The molecule has 0 saturated carbocycles. The van der Waals surface area contributed by atoms with E-state index in [1.54, 1.807) is 0 Å². The maximum atomic E-state index is 5.43. The van der Waals surface area contributed by atoms with Crippen molar-refractivity contribution < 1.29 is 4.74 Å². The van der Waals surface area contributed by atoms with Crippen molar-refractivity contribution >= 4 is 0 Å². The fraction of sp³-hybridized carbons (Fsp3) is 1.00. The molecule has 0 aliphatic carbocycles. The van der Waals surface area contributed by atoms with Gasteiger partial charge in [0.2, 0.25) is 0 Å². The molecule has 2 fully saturated rings. The number of piperidine rings is 1. The first kappa shape index (κ1) is 10.4. The zero-order chi connectivity index (χ0) is 9.97. The van der Waals surface area contributed by atoms with Crippen molar-refractivity contribution in [1.29, 1.82) is 0 Å². The van der Waals surface area contributed by atoms with Gasteiger partial charge in [-0.2, -0.15) is 0 Å². The first-order valence-corrected chi connectivity index (χ1v) is 5.80. The summed E-state index contributed by atoms with van der Waals surface area (Å²) in [6.45, 7) is 5.93. The number of methoxy groups -OCH3 is 1. The normalized spacial score (nSPS) is 40.3. The number of likely N-dealkylation sites (tertiary alicyclic amines) is 1. The second-order valence-electron chi connectivity index (χ2n) is 4.62. The maximum absolute atomic E-state index is 5.43. The number of nitrogens with one attached hydrogen (secondary N) is 1. The van der Waals surface area contributed by atoms with Gasteiger partial charge >= 0.3 is 0 Å². The molecule has 2 aliphatic rings. The molecule has 0 radical (unpaired) electrons. The average Bonchev–Trinajstić information content (AvgIpc) is 2.70. The molecule has 0 amide bonds. The second kappa shape index (κ2) is 4.60. The molecule has 2 rings (SSSR count). The number of rotatable bonds is 2. The number of hydrogen-bond donors (Lipinski definition) is 1. The van der Waals surface area contributed by atoms with E-state index in [0.29, 0.717) is 12.1 Å². The third kappa shape index (κ3) is 2.10. The lowest BCUT2D eigenvalue weighted by Crippen LogP contribution is -2.49. The van der Waals surface area contributed by atoms with E-state index in [4.69, 9.17) is 4.74 Å². The van der Waals surface area contributed by atoms with Gasteiger partial charge in [0.05, 0.1) is 6.10 Å². The SMILES string of the molecule is COC1CCN(C2CCNC2)C(C)C1. The summed E-state index contributed by atoms with van der Waals surface area (Å²) >= 11 is 0. The minimum atomic E-state index is 0.496. The third-order valence-electron chi connectivity index (χ3n) is 3.72. The molecule has 3 atom stereocenters. The Hall–Kier alpha value is -0.120. The van der Waals surface area contributed by atoms with Crippen molar-refractivity contribution in [1.82, 2.24) is 10.2 Å². The molecule has 3 unspecified atom stereocenters. The van der Waals surface area contributed by atoms with E-state index in [0.717, 1.165) is 6.04 Å². The predicted molar refractivity (Wildman–Crippen MR) is 57.5 cm³/mol. The number of ether oxygens (including phenoxy) is 1. The zero-order valence-corrected chi connectivity index (χ0v) is 9.33. The smallest absolute Gasteiger partial charge is 0.0598 e. The molecule has 14 heavy (non-hydrogen) atoms. The Morgan fingerprint density at radius 2 is 2.21 bits per heavy atom. The average molecular weight is 198 g/mol. The Morgan fingerprint density at radius 3 is 2.79 bits per heavy atom. The van der Waals surface area contributed by atoms with Gasteiger partial charge in [-0.15, -0.1) is 0 Å². The molecule has 3 nitrogen and oxygen atoms in total. The van der Waals surface area contributed by atoms with Crippen LogP contribution in [-0.2, 0) is 4.74 Å². The van der Waals surface area contributed by atoms with Crippen LogP contribution in [0.1, 0.15) is 26.2 Å². The van der Waals surface area contributed by atoms with Gasteiger partial charge in [-0.3, -0.25) is 4.90 Å². The Morgan fingerprint density at radius 1 is 1.36 bits per heavy atom. The van der Waals surface area contributed by atoms with Crippen molar-refractivity contribution in [3.63, 3.8) is 0 Å².